The van der Waals surface area contributed by atoms with Crippen molar-refractivity contribution in [2.24, 2.45) is 0 Å². The van der Waals surface area contributed by atoms with Gasteiger partial charge in [0.2, 0.25) is 0 Å². The fourth-order valence-corrected chi connectivity index (χ4v) is 3.48. The number of para-hydroxylation sites is 1. The monoisotopic (exact) mass is 365 g/mol. The van der Waals surface area contributed by atoms with Crippen molar-refractivity contribution in [2.75, 3.05) is 7.11 Å². The molecular formula is C17H20BrNOS. The molecule has 21 heavy (non-hydrogen) atoms. The minimum atomic E-state index is 0.492. The molecule has 2 aromatic carbocycles. The standard InChI is InChI=1S/C17H20BrNOS/c1-12(2)19-11-13-8-9-16(14(18)10-13)21-17-7-5-4-6-15(17)20-3/h4-10,12,19H,11H2,1-3H3. The Balaban J connectivity index is 2.14. The maximum Gasteiger partial charge on any atom is 0.132 e. The van der Waals surface area contributed by atoms with Crippen LogP contribution in [0.3, 0.4) is 0 Å². The molecule has 0 atom stereocenters. The maximum absolute atomic E-state index is 5.40. The summed E-state index contributed by atoms with van der Waals surface area (Å²) >= 11 is 5.37. The number of benzene rings is 2. The lowest BCUT2D eigenvalue weighted by Crippen LogP contribution is -2.21. The number of halogens is 1. The van der Waals surface area contributed by atoms with Gasteiger partial charge in [0.05, 0.1) is 12.0 Å². The normalized spacial score (nSPS) is 10.9. The van der Waals surface area contributed by atoms with Crippen LogP contribution in [-0.4, -0.2) is 13.2 Å². The van der Waals surface area contributed by atoms with Crippen LogP contribution < -0.4 is 10.1 Å². The molecule has 0 heterocycles. The number of nitrogens with one attached hydrogen (secondary N) is 1. The summed E-state index contributed by atoms with van der Waals surface area (Å²) < 4.78 is 6.51. The molecule has 0 aliphatic rings. The molecule has 0 aromatic heterocycles. The van der Waals surface area contributed by atoms with Gasteiger partial charge >= 0.3 is 0 Å². The van der Waals surface area contributed by atoms with Crippen LogP contribution in [0.15, 0.2) is 56.7 Å². The van der Waals surface area contributed by atoms with Gasteiger partial charge in [-0.15, -0.1) is 0 Å². The number of rotatable bonds is 6. The highest BCUT2D eigenvalue weighted by molar-refractivity contribution is 9.10. The Morgan fingerprint density at radius 2 is 1.90 bits per heavy atom. The number of methoxy groups -OCH3 is 1. The molecule has 0 spiro atoms. The van der Waals surface area contributed by atoms with E-state index in [4.69, 9.17) is 4.74 Å². The third-order valence-corrected chi connectivity index (χ3v) is 5.05. The van der Waals surface area contributed by atoms with E-state index in [-0.39, 0.29) is 0 Å². The van der Waals surface area contributed by atoms with E-state index < -0.39 is 0 Å². The molecule has 0 saturated carbocycles. The fraction of sp³-hybridized carbons (Fsp3) is 0.294. The maximum atomic E-state index is 5.40. The van der Waals surface area contributed by atoms with Crippen molar-refractivity contribution in [1.82, 2.24) is 5.32 Å². The fourth-order valence-electron chi connectivity index (χ4n) is 1.88. The molecule has 112 valence electrons. The summed E-state index contributed by atoms with van der Waals surface area (Å²) in [5.41, 5.74) is 1.28. The van der Waals surface area contributed by atoms with Crippen LogP contribution in [0.4, 0.5) is 0 Å². The van der Waals surface area contributed by atoms with Crippen LogP contribution in [0.25, 0.3) is 0 Å². The Kier molecular flexibility index (Phi) is 6.15. The van der Waals surface area contributed by atoms with Crippen LogP contribution in [0, 0.1) is 0 Å². The highest BCUT2D eigenvalue weighted by atomic mass is 79.9. The second-order valence-corrected chi connectivity index (χ2v) is 6.99. The third kappa shape index (κ3) is 4.77. The van der Waals surface area contributed by atoms with E-state index >= 15 is 0 Å². The number of hydrogen-bond donors (Lipinski definition) is 1. The van der Waals surface area contributed by atoms with Gasteiger partial charge in [0.1, 0.15) is 5.75 Å². The van der Waals surface area contributed by atoms with Crippen molar-refractivity contribution in [1.29, 1.82) is 0 Å². The van der Waals surface area contributed by atoms with Crippen LogP contribution >= 0.6 is 27.7 Å². The van der Waals surface area contributed by atoms with Crippen molar-refractivity contribution in [3.63, 3.8) is 0 Å². The molecule has 4 heteroatoms. The first-order valence-corrected chi connectivity index (χ1v) is 8.53. The summed E-state index contributed by atoms with van der Waals surface area (Å²) in [7, 11) is 1.70. The van der Waals surface area contributed by atoms with E-state index in [0.717, 1.165) is 21.7 Å². The molecule has 2 aromatic rings. The molecule has 0 amide bonds. The van der Waals surface area contributed by atoms with Gasteiger partial charge in [-0.2, -0.15) is 0 Å². The van der Waals surface area contributed by atoms with E-state index in [0.29, 0.717) is 6.04 Å². The van der Waals surface area contributed by atoms with Gasteiger partial charge in [0.15, 0.2) is 0 Å². The first-order chi connectivity index (χ1) is 10.1. The van der Waals surface area contributed by atoms with Gasteiger partial charge < -0.3 is 10.1 Å². The topological polar surface area (TPSA) is 21.3 Å². The minimum Gasteiger partial charge on any atom is -0.496 e. The predicted octanol–water partition coefficient (Wildman–Crippen LogP) is 5.11. The quantitative estimate of drug-likeness (QED) is 0.768. The predicted molar refractivity (Wildman–Crippen MR) is 93.2 cm³/mol. The number of ether oxygens (including phenoxy) is 1. The molecule has 0 unspecified atom stereocenters. The van der Waals surface area contributed by atoms with Gasteiger partial charge in [0.25, 0.3) is 0 Å². The smallest absolute Gasteiger partial charge is 0.132 e. The van der Waals surface area contributed by atoms with Crippen LogP contribution in [0.5, 0.6) is 5.75 Å². The Bertz CT molecular complexity index is 601. The van der Waals surface area contributed by atoms with Crippen molar-refractivity contribution in [3.8, 4) is 5.75 Å². The summed E-state index contributed by atoms with van der Waals surface area (Å²) in [6.45, 7) is 5.19. The molecule has 2 rings (SSSR count). The third-order valence-electron chi connectivity index (χ3n) is 3.00. The SMILES string of the molecule is COc1ccccc1Sc1ccc(CNC(C)C)cc1Br. The summed E-state index contributed by atoms with van der Waals surface area (Å²) in [4.78, 5) is 2.31. The molecule has 0 bridgehead atoms. The van der Waals surface area contributed by atoms with Crippen LogP contribution in [0.1, 0.15) is 19.4 Å². The Hall–Kier alpha value is -0.970. The van der Waals surface area contributed by atoms with Crippen molar-refractivity contribution >= 4 is 27.7 Å². The van der Waals surface area contributed by atoms with E-state index in [9.17, 15) is 0 Å². The number of hydrogen-bond acceptors (Lipinski definition) is 3. The molecule has 0 saturated heterocycles. The van der Waals surface area contributed by atoms with E-state index in [2.05, 4.69) is 59.4 Å². The van der Waals surface area contributed by atoms with Gasteiger partial charge in [-0.25, -0.2) is 0 Å². The minimum absolute atomic E-state index is 0.492. The second kappa shape index (κ2) is 7.87. The highest BCUT2D eigenvalue weighted by Crippen LogP contribution is 2.38. The average molecular weight is 366 g/mol. The summed E-state index contributed by atoms with van der Waals surface area (Å²) in [6, 6.07) is 15.1. The lowest BCUT2D eigenvalue weighted by atomic mass is 10.2. The van der Waals surface area contributed by atoms with Gasteiger partial charge in [-0.3, -0.25) is 0 Å². The molecular weight excluding hydrogens is 346 g/mol. The molecule has 0 aliphatic heterocycles. The molecule has 0 aliphatic carbocycles. The zero-order valence-electron chi connectivity index (χ0n) is 12.5. The molecule has 1 N–H and O–H groups in total. The lowest BCUT2D eigenvalue weighted by molar-refractivity contribution is 0.405. The Morgan fingerprint density at radius 3 is 2.57 bits per heavy atom. The lowest BCUT2D eigenvalue weighted by Gasteiger charge is -2.11. The summed E-state index contributed by atoms with van der Waals surface area (Å²) in [5.74, 6) is 0.903. The van der Waals surface area contributed by atoms with Gasteiger partial charge in [0, 0.05) is 22.0 Å². The molecule has 0 radical (unpaired) electrons. The van der Waals surface area contributed by atoms with Gasteiger partial charge in [-0.05, 0) is 45.8 Å². The van der Waals surface area contributed by atoms with Crippen LogP contribution in [0.2, 0.25) is 0 Å². The summed E-state index contributed by atoms with van der Waals surface area (Å²) in [6.07, 6.45) is 0. The van der Waals surface area contributed by atoms with E-state index in [1.54, 1.807) is 18.9 Å². The van der Waals surface area contributed by atoms with Crippen molar-refractivity contribution in [2.45, 2.75) is 36.2 Å². The summed E-state index contributed by atoms with van der Waals surface area (Å²) in [5, 5.41) is 3.43. The molecule has 2 nitrogen and oxygen atoms in total. The molecule has 0 fully saturated rings. The van der Waals surface area contributed by atoms with Crippen molar-refractivity contribution < 1.29 is 4.74 Å². The first kappa shape index (κ1) is 16.4. The van der Waals surface area contributed by atoms with Crippen LogP contribution in [-0.2, 0) is 6.54 Å². The highest BCUT2D eigenvalue weighted by Gasteiger charge is 2.08. The first-order valence-electron chi connectivity index (χ1n) is 6.93. The zero-order valence-corrected chi connectivity index (χ0v) is 14.9. The Labute approximate surface area is 139 Å². The second-order valence-electron chi connectivity index (χ2n) is 5.05. The van der Waals surface area contributed by atoms with E-state index in [1.807, 2.05) is 18.2 Å². The largest absolute Gasteiger partial charge is 0.496 e. The zero-order chi connectivity index (χ0) is 15.2. The van der Waals surface area contributed by atoms with E-state index in [1.165, 1.54) is 10.5 Å². The average Bonchev–Trinajstić information content (AvgIpc) is 2.48. The van der Waals surface area contributed by atoms with Crippen molar-refractivity contribution in [3.05, 3.63) is 52.5 Å². The Morgan fingerprint density at radius 1 is 1.14 bits per heavy atom. The van der Waals surface area contributed by atoms with Gasteiger partial charge in [-0.1, -0.05) is 43.8 Å².